The van der Waals surface area contributed by atoms with Gasteiger partial charge in [0.15, 0.2) is 0 Å². The van der Waals surface area contributed by atoms with Crippen LogP contribution in [0, 0.1) is 11.8 Å². The van der Waals surface area contributed by atoms with Crippen molar-refractivity contribution in [2.24, 2.45) is 11.8 Å². The molecule has 0 aliphatic carbocycles. The van der Waals surface area contributed by atoms with Gasteiger partial charge in [-0.05, 0) is 11.8 Å². The van der Waals surface area contributed by atoms with E-state index >= 15 is 0 Å². The third-order valence-corrected chi connectivity index (χ3v) is 3.80. The Balaban J connectivity index is 2.49. The van der Waals surface area contributed by atoms with Crippen molar-refractivity contribution in [3.8, 4) is 0 Å². The lowest BCUT2D eigenvalue weighted by Crippen LogP contribution is -2.46. The Labute approximate surface area is 114 Å². The second-order valence-corrected chi connectivity index (χ2v) is 5.55. The Morgan fingerprint density at radius 3 is 2.63 bits per heavy atom. The Kier molecular flexibility index (Phi) is 6.28. The molecule has 2 unspecified atom stereocenters. The van der Waals surface area contributed by atoms with Gasteiger partial charge in [0.2, 0.25) is 5.91 Å². The van der Waals surface area contributed by atoms with Crippen LogP contribution in [0.4, 0.5) is 0 Å². The maximum atomic E-state index is 12.2. The first-order chi connectivity index (χ1) is 8.93. The number of aliphatic carboxylic acids is 1. The molecule has 0 aromatic rings. The zero-order valence-corrected chi connectivity index (χ0v) is 12.1. The molecular formula is C14H25NO4. The molecular weight excluding hydrogens is 246 g/mol. The Morgan fingerprint density at radius 1 is 1.42 bits per heavy atom. The lowest BCUT2D eigenvalue weighted by atomic mass is 9.89. The number of carbonyl (C=O) groups excluding carboxylic acids is 1. The van der Waals surface area contributed by atoms with Crippen molar-refractivity contribution in [2.75, 3.05) is 19.7 Å². The lowest BCUT2D eigenvalue weighted by molar-refractivity contribution is -0.148. The molecule has 0 radical (unpaired) electrons. The van der Waals surface area contributed by atoms with Crippen molar-refractivity contribution >= 4 is 11.9 Å². The summed E-state index contributed by atoms with van der Waals surface area (Å²) in [6.07, 6.45) is 1.14. The van der Waals surface area contributed by atoms with Crippen molar-refractivity contribution < 1.29 is 19.4 Å². The number of carboxylic acid groups (broad SMARTS) is 1. The van der Waals surface area contributed by atoms with E-state index in [1.807, 2.05) is 0 Å². The average molecular weight is 271 g/mol. The predicted octanol–water partition coefficient (Wildman–Crippen LogP) is 1.76. The van der Waals surface area contributed by atoms with Crippen LogP contribution in [0.1, 0.15) is 40.0 Å². The molecule has 1 heterocycles. The minimum atomic E-state index is -0.882. The van der Waals surface area contributed by atoms with E-state index in [0.717, 1.165) is 6.42 Å². The van der Waals surface area contributed by atoms with Crippen molar-refractivity contribution in [1.29, 1.82) is 0 Å². The quantitative estimate of drug-likeness (QED) is 0.799. The van der Waals surface area contributed by atoms with Crippen LogP contribution in [0.3, 0.4) is 0 Å². The van der Waals surface area contributed by atoms with E-state index in [9.17, 15) is 9.59 Å². The smallest absolute Gasteiger partial charge is 0.306 e. The molecule has 1 N–H and O–H groups in total. The SMILES string of the molecule is CCC(CC(=O)N1CCOC(CC(=O)O)C1)C(C)C. The molecule has 1 amide bonds. The van der Waals surface area contributed by atoms with Gasteiger partial charge in [-0.25, -0.2) is 0 Å². The van der Waals surface area contributed by atoms with E-state index in [2.05, 4.69) is 20.8 Å². The summed E-state index contributed by atoms with van der Waals surface area (Å²) in [5.74, 6) is 0.130. The van der Waals surface area contributed by atoms with Crippen molar-refractivity contribution in [3.63, 3.8) is 0 Å². The number of carboxylic acids is 1. The Bertz CT molecular complexity index is 317. The van der Waals surface area contributed by atoms with Crippen LogP contribution < -0.4 is 0 Å². The van der Waals surface area contributed by atoms with Gasteiger partial charge in [-0.15, -0.1) is 0 Å². The van der Waals surface area contributed by atoms with Crippen LogP contribution in [0.25, 0.3) is 0 Å². The molecule has 1 aliphatic rings. The number of rotatable bonds is 6. The van der Waals surface area contributed by atoms with Crippen LogP contribution >= 0.6 is 0 Å². The monoisotopic (exact) mass is 271 g/mol. The summed E-state index contributed by atoms with van der Waals surface area (Å²) in [4.78, 5) is 24.7. The fourth-order valence-corrected chi connectivity index (χ4v) is 2.47. The summed E-state index contributed by atoms with van der Waals surface area (Å²) in [6, 6.07) is 0. The van der Waals surface area contributed by atoms with E-state index in [1.54, 1.807) is 4.90 Å². The van der Waals surface area contributed by atoms with E-state index in [4.69, 9.17) is 9.84 Å². The molecule has 0 saturated carbocycles. The van der Waals surface area contributed by atoms with Crippen LogP contribution in [-0.2, 0) is 14.3 Å². The van der Waals surface area contributed by atoms with Gasteiger partial charge in [-0.3, -0.25) is 9.59 Å². The summed E-state index contributed by atoms with van der Waals surface area (Å²) < 4.78 is 5.37. The first-order valence-electron chi connectivity index (χ1n) is 7.05. The van der Waals surface area contributed by atoms with Crippen molar-refractivity contribution in [3.05, 3.63) is 0 Å². The highest BCUT2D eigenvalue weighted by atomic mass is 16.5. The molecule has 0 spiro atoms. The number of hydrogen-bond acceptors (Lipinski definition) is 3. The normalized spacial score (nSPS) is 21.5. The molecule has 5 heteroatoms. The number of amides is 1. The maximum absolute atomic E-state index is 12.2. The molecule has 19 heavy (non-hydrogen) atoms. The fourth-order valence-electron chi connectivity index (χ4n) is 2.47. The van der Waals surface area contributed by atoms with Gasteiger partial charge >= 0.3 is 5.97 Å². The summed E-state index contributed by atoms with van der Waals surface area (Å²) in [5.41, 5.74) is 0. The number of nitrogens with zero attached hydrogens (tertiary/aromatic N) is 1. The number of ether oxygens (including phenoxy) is 1. The fraction of sp³-hybridized carbons (Fsp3) is 0.857. The summed E-state index contributed by atoms with van der Waals surface area (Å²) >= 11 is 0. The molecule has 1 fully saturated rings. The zero-order chi connectivity index (χ0) is 14.4. The van der Waals surface area contributed by atoms with E-state index in [1.165, 1.54) is 0 Å². The third kappa shape index (κ3) is 5.19. The Morgan fingerprint density at radius 2 is 2.11 bits per heavy atom. The number of morpholine rings is 1. The predicted molar refractivity (Wildman–Crippen MR) is 71.8 cm³/mol. The molecule has 2 atom stereocenters. The van der Waals surface area contributed by atoms with Gasteiger partial charge in [0.25, 0.3) is 0 Å². The largest absolute Gasteiger partial charge is 0.481 e. The van der Waals surface area contributed by atoms with Crippen LogP contribution in [0.5, 0.6) is 0 Å². The topological polar surface area (TPSA) is 66.8 Å². The van der Waals surface area contributed by atoms with Gasteiger partial charge < -0.3 is 14.7 Å². The van der Waals surface area contributed by atoms with Gasteiger partial charge in [-0.1, -0.05) is 27.2 Å². The van der Waals surface area contributed by atoms with Crippen molar-refractivity contribution in [2.45, 2.75) is 46.1 Å². The van der Waals surface area contributed by atoms with Crippen molar-refractivity contribution in [1.82, 2.24) is 4.90 Å². The lowest BCUT2D eigenvalue weighted by Gasteiger charge is -2.33. The maximum Gasteiger partial charge on any atom is 0.306 e. The van der Waals surface area contributed by atoms with E-state index in [0.29, 0.717) is 38.0 Å². The third-order valence-electron chi connectivity index (χ3n) is 3.80. The Hall–Kier alpha value is -1.10. The minimum Gasteiger partial charge on any atom is -0.481 e. The number of carbonyl (C=O) groups is 2. The second-order valence-electron chi connectivity index (χ2n) is 5.55. The minimum absolute atomic E-state index is 0.0365. The first-order valence-corrected chi connectivity index (χ1v) is 7.05. The molecule has 1 saturated heterocycles. The molecule has 5 nitrogen and oxygen atoms in total. The van der Waals surface area contributed by atoms with Gasteiger partial charge in [0.05, 0.1) is 19.1 Å². The molecule has 1 aliphatic heterocycles. The van der Waals surface area contributed by atoms with Crippen LogP contribution in [-0.4, -0.2) is 47.7 Å². The van der Waals surface area contributed by atoms with E-state index < -0.39 is 5.97 Å². The van der Waals surface area contributed by atoms with Crippen LogP contribution in [0.15, 0.2) is 0 Å². The second kappa shape index (κ2) is 7.48. The van der Waals surface area contributed by atoms with Gasteiger partial charge in [0, 0.05) is 19.5 Å². The summed E-state index contributed by atoms with van der Waals surface area (Å²) in [7, 11) is 0. The highest BCUT2D eigenvalue weighted by Crippen LogP contribution is 2.21. The first kappa shape index (κ1) is 16.0. The molecule has 1 rings (SSSR count). The zero-order valence-electron chi connectivity index (χ0n) is 12.1. The standard InChI is InChI=1S/C14H25NO4/c1-4-11(10(2)3)7-13(16)15-5-6-19-12(9-15)8-14(17)18/h10-12H,4-9H2,1-3H3,(H,17,18). The summed E-state index contributed by atoms with van der Waals surface area (Å²) in [6.45, 7) is 7.78. The highest BCUT2D eigenvalue weighted by molar-refractivity contribution is 5.76. The average Bonchev–Trinajstić information content (AvgIpc) is 2.34. The molecule has 0 bridgehead atoms. The van der Waals surface area contributed by atoms with E-state index in [-0.39, 0.29) is 18.4 Å². The molecule has 0 aromatic carbocycles. The molecule has 0 aromatic heterocycles. The number of hydrogen-bond donors (Lipinski definition) is 1. The van der Waals surface area contributed by atoms with Crippen LogP contribution in [0.2, 0.25) is 0 Å². The summed E-state index contributed by atoms with van der Waals surface area (Å²) in [5, 5.41) is 8.76. The highest BCUT2D eigenvalue weighted by Gasteiger charge is 2.27. The van der Waals surface area contributed by atoms with Gasteiger partial charge in [0.1, 0.15) is 0 Å². The van der Waals surface area contributed by atoms with Gasteiger partial charge in [-0.2, -0.15) is 0 Å². The molecule has 110 valence electrons.